The van der Waals surface area contributed by atoms with Crippen LogP contribution in [0.4, 0.5) is 0 Å². The summed E-state index contributed by atoms with van der Waals surface area (Å²) < 4.78 is 44.9. The Hall–Kier alpha value is -11.4. The van der Waals surface area contributed by atoms with Crippen molar-refractivity contribution in [1.29, 1.82) is 5.26 Å². The molecule has 0 N–H and O–H groups in total. The van der Waals surface area contributed by atoms with E-state index in [0.717, 1.165) is 15.7 Å². The van der Waals surface area contributed by atoms with Crippen LogP contribution in [0.5, 0.6) is 23.3 Å². The van der Waals surface area contributed by atoms with Crippen LogP contribution in [-0.2, 0) is 52.6 Å². The van der Waals surface area contributed by atoms with Crippen LogP contribution < -0.4 is 82.6 Å². The average Bonchev–Trinajstić information content (AvgIpc) is 1.75. The van der Waals surface area contributed by atoms with Crippen LogP contribution >= 0.6 is 47.6 Å². The van der Waals surface area contributed by atoms with E-state index in [4.69, 9.17) is 43.2 Å². The van der Waals surface area contributed by atoms with Crippen molar-refractivity contribution in [2.24, 2.45) is 0 Å². The van der Waals surface area contributed by atoms with E-state index in [0.29, 0.717) is 73.1 Å². The Balaban J connectivity index is 0.000000134. The molecule has 0 atom stereocenters. The van der Waals surface area contributed by atoms with Crippen LogP contribution in [0.25, 0.3) is 0 Å². The summed E-state index contributed by atoms with van der Waals surface area (Å²) in [5, 5.41) is 25.9. The number of hydrogen-bond acceptors (Lipinski definition) is 13. The van der Waals surface area contributed by atoms with Crippen LogP contribution in [0.3, 0.4) is 0 Å². The van der Waals surface area contributed by atoms with Crippen LogP contribution in [0.1, 0.15) is 40.5 Å². The van der Waals surface area contributed by atoms with E-state index in [2.05, 4.69) is 400 Å². The Morgan fingerprint density at radius 1 is 0.311 bits per heavy atom. The van der Waals surface area contributed by atoms with E-state index in [1.54, 1.807) is 56.2 Å². The standard InChI is InChI=1S/4C18H15P.C16H15N3O4.C15H15BrN2O4.Pd/c4*1-4-10-16(11-5-1)19(17-12-6-2-7-13-17)18-14-8-3-9-15-18;1-20-15-7-12(16-21-5-6-22-16)14(9-19-15)23-10-11-3-2-4-18-13(11)8-17;1-19-13-7-11(15-20-5-6-21-15)12(8-18-13)22-9-10-3-2-4-17-14(10)16;/h4*1-15H;2-4,7,9,16H,5-6,10H2,1H3;2-4,7-8,15H,5-6,9H2,1H3;. The summed E-state index contributed by atoms with van der Waals surface area (Å²) in [6.45, 7) is 2.73. The van der Waals surface area contributed by atoms with Gasteiger partial charge in [-0.05, 0) is 123 Å². The number of nitriles is 1. The zero-order valence-corrected chi connectivity index (χ0v) is 74.0. The summed E-state index contributed by atoms with van der Waals surface area (Å²) in [6, 6.07) is 142. The topological polar surface area (TPSA) is 149 Å². The number of hydrogen-bond donors (Lipinski definition) is 0. The fourth-order valence-corrected chi connectivity index (χ4v) is 22.6. The maximum absolute atomic E-state index is 9.07. The zero-order chi connectivity index (χ0) is 83.1. The third-order valence-electron chi connectivity index (χ3n) is 18.7. The first-order chi connectivity index (χ1) is 59.9. The van der Waals surface area contributed by atoms with E-state index in [1.807, 2.05) is 18.2 Å². The van der Waals surface area contributed by atoms with Gasteiger partial charge in [-0.1, -0.05) is 376 Å². The van der Waals surface area contributed by atoms with E-state index >= 15 is 0 Å². The van der Waals surface area contributed by atoms with Gasteiger partial charge in [-0.25, -0.2) is 19.9 Å². The molecule has 18 rings (SSSR count). The molecule has 0 aliphatic carbocycles. The minimum atomic E-state index is -0.508. The molecule has 12 aromatic carbocycles. The molecule has 122 heavy (non-hydrogen) atoms. The Morgan fingerprint density at radius 3 is 0.754 bits per heavy atom. The van der Waals surface area contributed by atoms with Crippen molar-refractivity contribution in [2.75, 3.05) is 40.6 Å². The fourth-order valence-electron chi connectivity index (χ4n) is 13.0. The number of pyridine rings is 4. The predicted octanol–water partition coefficient (Wildman–Crippen LogP) is 18.6. The molecule has 0 saturated carbocycles. The molecule has 13 nitrogen and oxygen atoms in total. The van der Waals surface area contributed by atoms with Gasteiger partial charge >= 0.3 is 0 Å². The monoisotopic (exact) mass is 1830 g/mol. The Labute approximate surface area is 742 Å². The second-order valence-corrected chi connectivity index (χ2v) is 36.3. The zero-order valence-electron chi connectivity index (χ0n) is 67.3. The van der Waals surface area contributed by atoms with E-state index in [9.17, 15) is 0 Å². The van der Waals surface area contributed by atoms with Crippen LogP contribution in [0, 0.1) is 11.3 Å². The third kappa shape index (κ3) is 26.3. The number of nitrogens with zero attached hydrogens (tertiary/aromatic N) is 5. The Morgan fingerprint density at radius 2 is 0.533 bits per heavy atom. The summed E-state index contributed by atoms with van der Waals surface area (Å²) in [7, 11) is 1.32. The predicted molar refractivity (Wildman–Crippen MR) is 501 cm³/mol. The van der Waals surface area contributed by atoms with Crippen LogP contribution in [-0.4, -0.2) is 60.6 Å². The number of benzene rings is 12. The van der Waals surface area contributed by atoms with E-state index in [-0.39, 0.29) is 27.0 Å². The number of halogens is 1. The SMILES string of the molecule is COc1cc(C2OCCO2)c(OCc2cccnc2Br)cn1.COc1cc(C2OCCO2)c(OCc2cccnc2C#N)cn1.[Pd].c1ccc(P(c2ccccc2)c2ccccc2)cc1.c1ccc(P(c2ccccc2)c2ccccc2)cc1.c1ccc(P(c2ccccc2)c2ccccc2)cc1.c1ccc(P(c2ccccc2)c2ccccc2)cc1. The molecular formula is C103H90BrN5O8P4Pd. The molecule has 0 bridgehead atoms. The summed E-state index contributed by atoms with van der Waals surface area (Å²) in [6.07, 6.45) is 5.50. The molecular weight excluding hydrogens is 1750 g/mol. The van der Waals surface area contributed by atoms with Gasteiger partial charge in [0.15, 0.2) is 12.6 Å². The molecule has 0 unspecified atom stereocenters. The van der Waals surface area contributed by atoms with Crippen molar-refractivity contribution < 1.29 is 58.3 Å². The first kappa shape index (κ1) is 89.9. The summed E-state index contributed by atoms with van der Waals surface area (Å²) in [4.78, 5) is 16.5. The van der Waals surface area contributed by atoms with Crippen molar-refractivity contribution in [1.82, 2.24) is 19.9 Å². The molecule has 0 amide bonds. The minimum Gasteiger partial charge on any atom is -0.487 e. The molecule has 16 aromatic rings. The van der Waals surface area contributed by atoms with Crippen molar-refractivity contribution in [3.63, 3.8) is 0 Å². The first-order valence-corrected chi connectivity index (χ1v) is 45.6. The molecule has 0 spiro atoms. The van der Waals surface area contributed by atoms with Gasteiger partial charge in [-0.15, -0.1) is 0 Å². The minimum absolute atomic E-state index is 0. The average molecular weight is 1840 g/mol. The molecule has 2 aliphatic rings. The van der Waals surface area contributed by atoms with Gasteiger partial charge in [0.05, 0.1) is 64.2 Å². The van der Waals surface area contributed by atoms with Crippen molar-refractivity contribution in [2.45, 2.75) is 25.8 Å². The normalized spacial score (nSPS) is 12.0. The smallest absolute Gasteiger partial charge is 0.213 e. The number of rotatable bonds is 22. The van der Waals surface area contributed by atoms with Crippen LogP contribution in [0.15, 0.2) is 430 Å². The third-order valence-corrected chi connectivity index (χ3v) is 29.2. The fraction of sp³-hybridized carbons (Fsp3) is 0.0971. The second kappa shape index (κ2) is 49.5. The molecule has 2 saturated heterocycles. The second-order valence-electron chi connectivity index (χ2n) is 26.7. The van der Waals surface area contributed by atoms with E-state index in [1.165, 1.54) is 70.8 Å². The summed E-state index contributed by atoms with van der Waals surface area (Å²) in [5.74, 6) is 2.06. The van der Waals surface area contributed by atoms with Gasteiger partial charge in [0.1, 0.15) is 41.1 Å². The molecule has 6 heterocycles. The summed E-state index contributed by atoms with van der Waals surface area (Å²) >= 11 is 3.40. The number of ether oxygens (including phenoxy) is 8. The summed E-state index contributed by atoms with van der Waals surface area (Å²) in [5.41, 5.74) is 3.45. The quantitative estimate of drug-likeness (QED) is 0.0360. The number of methoxy groups -OCH3 is 2. The largest absolute Gasteiger partial charge is 0.487 e. The maximum Gasteiger partial charge on any atom is 0.213 e. The van der Waals surface area contributed by atoms with Gasteiger partial charge in [-0.3, -0.25) is 0 Å². The molecule has 612 valence electrons. The Kier molecular flexibility index (Phi) is 36.5. The number of aromatic nitrogens is 4. The molecule has 2 fully saturated rings. The molecule has 4 aromatic heterocycles. The van der Waals surface area contributed by atoms with Crippen LogP contribution in [0.2, 0.25) is 0 Å². The van der Waals surface area contributed by atoms with Gasteiger partial charge in [0.25, 0.3) is 0 Å². The molecule has 0 radical (unpaired) electrons. The maximum atomic E-state index is 9.07. The first-order valence-electron chi connectivity index (χ1n) is 39.4. The molecule has 2 aliphatic heterocycles. The molecule has 19 heteroatoms. The van der Waals surface area contributed by atoms with Gasteiger partial charge in [0.2, 0.25) is 11.8 Å². The van der Waals surface area contributed by atoms with Gasteiger partial charge in [-0.2, -0.15) is 5.26 Å². The van der Waals surface area contributed by atoms with Crippen molar-refractivity contribution >= 4 is 111 Å². The van der Waals surface area contributed by atoms with Crippen molar-refractivity contribution in [3.8, 4) is 29.3 Å². The van der Waals surface area contributed by atoms with E-state index < -0.39 is 44.3 Å². The van der Waals surface area contributed by atoms with Crippen molar-refractivity contribution in [3.05, 3.63) is 458 Å². The van der Waals surface area contributed by atoms with Gasteiger partial charge in [0, 0.05) is 56.1 Å². The Bertz CT molecular complexity index is 4870. The van der Waals surface area contributed by atoms with Gasteiger partial charge < -0.3 is 37.9 Å².